The summed E-state index contributed by atoms with van der Waals surface area (Å²) in [5, 5.41) is 0. The second kappa shape index (κ2) is 5.28. The molecule has 2 aliphatic rings. The van der Waals surface area contributed by atoms with Gasteiger partial charge in [-0.05, 0) is 19.9 Å². The zero-order valence-corrected chi connectivity index (χ0v) is 11.5. The van der Waals surface area contributed by atoms with Crippen LogP contribution in [0.1, 0.15) is 37.4 Å². The van der Waals surface area contributed by atoms with E-state index < -0.39 is 0 Å². The number of nitrogen functional groups attached to an aromatic ring is 1. The molecule has 1 saturated heterocycles. The second-order valence-electron chi connectivity index (χ2n) is 5.62. The zero-order valence-electron chi connectivity index (χ0n) is 11.5. The first-order valence-electron chi connectivity index (χ1n) is 7.17. The summed E-state index contributed by atoms with van der Waals surface area (Å²) in [4.78, 5) is 17.9. The summed E-state index contributed by atoms with van der Waals surface area (Å²) in [5.41, 5.74) is 5.86. The third kappa shape index (κ3) is 2.78. The number of nitrogens with zero attached hydrogens (tertiary/aromatic N) is 5. The third-order valence-electron chi connectivity index (χ3n) is 4.16. The van der Waals surface area contributed by atoms with Crippen LogP contribution in [-0.4, -0.2) is 53.1 Å². The first-order valence-corrected chi connectivity index (χ1v) is 7.17. The van der Waals surface area contributed by atoms with Crippen molar-refractivity contribution in [3.05, 3.63) is 5.82 Å². The molecule has 6 heteroatoms. The van der Waals surface area contributed by atoms with Gasteiger partial charge in [-0.3, -0.25) is 0 Å². The number of piperazine rings is 1. The molecule has 2 heterocycles. The number of anilines is 2. The molecule has 0 radical (unpaired) electrons. The maximum absolute atomic E-state index is 5.86. The summed E-state index contributed by atoms with van der Waals surface area (Å²) in [7, 11) is 2.14. The molecule has 1 aliphatic heterocycles. The molecule has 1 saturated carbocycles. The molecule has 0 bridgehead atoms. The Labute approximate surface area is 114 Å². The molecule has 19 heavy (non-hydrogen) atoms. The van der Waals surface area contributed by atoms with E-state index in [0.717, 1.165) is 38.0 Å². The van der Waals surface area contributed by atoms with Gasteiger partial charge in [-0.2, -0.15) is 15.0 Å². The van der Waals surface area contributed by atoms with Crippen molar-refractivity contribution in [3.8, 4) is 0 Å². The molecule has 3 rings (SSSR count). The van der Waals surface area contributed by atoms with Gasteiger partial charge >= 0.3 is 0 Å². The van der Waals surface area contributed by atoms with E-state index in [1.54, 1.807) is 0 Å². The topological polar surface area (TPSA) is 71.2 Å². The van der Waals surface area contributed by atoms with Gasteiger partial charge in [0.05, 0.1) is 0 Å². The minimum absolute atomic E-state index is 0.367. The molecule has 1 aromatic heterocycles. The van der Waals surface area contributed by atoms with Crippen molar-refractivity contribution in [2.24, 2.45) is 0 Å². The summed E-state index contributed by atoms with van der Waals surface area (Å²) in [5.74, 6) is 2.52. The highest BCUT2D eigenvalue weighted by Gasteiger charge is 2.23. The lowest BCUT2D eigenvalue weighted by Crippen LogP contribution is -2.45. The summed E-state index contributed by atoms with van der Waals surface area (Å²) in [6.45, 7) is 4.02. The lowest BCUT2D eigenvalue weighted by molar-refractivity contribution is 0.311. The molecule has 0 aromatic carbocycles. The van der Waals surface area contributed by atoms with Crippen LogP contribution in [0.4, 0.5) is 11.9 Å². The Kier molecular flexibility index (Phi) is 3.50. The lowest BCUT2D eigenvalue weighted by Gasteiger charge is -2.32. The van der Waals surface area contributed by atoms with E-state index in [1.807, 2.05) is 0 Å². The average molecular weight is 262 g/mol. The Balaban J connectivity index is 1.80. The highest BCUT2D eigenvalue weighted by molar-refractivity contribution is 5.36. The first-order chi connectivity index (χ1) is 9.22. The molecule has 0 amide bonds. The fourth-order valence-corrected chi connectivity index (χ4v) is 2.91. The van der Waals surface area contributed by atoms with E-state index in [2.05, 4.69) is 31.8 Å². The van der Waals surface area contributed by atoms with E-state index in [1.165, 1.54) is 25.7 Å². The monoisotopic (exact) mass is 262 g/mol. The Bertz CT molecular complexity index is 435. The molecule has 2 fully saturated rings. The smallest absolute Gasteiger partial charge is 0.230 e. The number of likely N-dealkylation sites (N-methyl/N-ethyl adjacent to an activating group) is 1. The SMILES string of the molecule is CN1CCN(c2nc(N)nc(C3CCCC3)n2)CC1. The van der Waals surface area contributed by atoms with Crippen LogP contribution in [0.3, 0.4) is 0 Å². The Morgan fingerprint density at radius 3 is 2.37 bits per heavy atom. The van der Waals surface area contributed by atoms with Crippen LogP contribution < -0.4 is 10.6 Å². The summed E-state index contributed by atoms with van der Waals surface area (Å²) in [6, 6.07) is 0. The number of nitrogens with two attached hydrogens (primary N) is 1. The van der Waals surface area contributed by atoms with Gasteiger partial charge < -0.3 is 15.5 Å². The van der Waals surface area contributed by atoms with Crippen molar-refractivity contribution < 1.29 is 0 Å². The van der Waals surface area contributed by atoms with Crippen molar-refractivity contribution in [2.75, 3.05) is 43.9 Å². The average Bonchev–Trinajstić information content (AvgIpc) is 2.93. The largest absolute Gasteiger partial charge is 0.368 e. The standard InChI is InChI=1S/C13H22N6/c1-18-6-8-19(9-7-18)13-16-11(15-12(14)17-13)10-4-2-3-5-10/h10H,2-9H2,1H3,(H2,14,15,16,17). The van der Waals surface area contributed by atoms with Crippen LogP contribution in [0, 0.1) is 0 Å². The molecule has 2 N–H and O–H groups in total. The van der Waals surface area contributed by atoms with Crippen molar-refractivity contribution in [3.63, 3.8) is 0 Å². The Morgan fingerprint density at radius 1 is 1.00 bits per heavy atom. The van der Waals surface area contributed by atoms with Crippen molar-refractivity contribution in [1.82, 2.24) is 19.9 Å². The van der Waals surface area contributed by atoms with Crippen LogP contribution in [0.5, 0.6) is 0 Å². The van der Waals surface area contributed by atoms with Gasteiger partial charge in [0, 0.05) is 32.1 Å². The highest BCUT2D eigenvalue weighted by atomic mass is 15.3. The van der Waals surface area contributed by atoms with Crippen LogP contribution in [0.25, 0.3) is 0 Å². The van der Waals surface area contributed by atoms with Gasteiger partial charge in [0.15, 0.2) is 0 Å². The van der Waals surface area contributed by atoms with E-state index in [9.17, 15) is 0 Å². The maximum atomic E-state index is 5.86. The summed E-state index contributed by atoms with van der Waals surface area (Å²) in [6.07, 6.45) is 4.93. The predicted molar refractivity (Wildman–Crippen MR) is 75.2 cm³/mol. The van der Waals surface area contributed by atoms with E-state index in [0.29, 0.717) is 11.9 Å². The van der Waals surface area contributed by atoms with Crippen LogP contribution in [0.15, 0.2) is 0 Å². The van der Waals surface area contributed by atoms with Gasteiger partial charge in [-0.1, -0.05) is 12.8 Å². The number of aromatic nitrogens is 3. The maximum Gasteiger partial charge on any atom is 0.230 e. The van der Waals surface area contributed by atoms with Crippen LogP contribution in [0.2, 0.25) is 0 Å². The van der Waals surface area contributed by atoms with Gasteiger partial charge in [-0.25, -0.2) is 0 Å². The van der Waals surface area contributed by atoms with Crippen molar-refractivity contribution in [2.45, 2.75) is 31.6 Å². The molecule has 6 nitrogen and oxygen atoms in total. The fourth-order valence-electron chi connectivity index (χ4n) is 2.91. The zero-order chi connectivity index (χ0) is 13.2. The van der Waals surface area contributed by atoms with Gasteiger partial charge in [0.25, 0.3) is 0 Å². The quantitative estimate of drug-likeness (QED) is 0.852. The molecule has 1 aliphatic carbocycles. The van der Waals surface area contributed by atoms with Gasteiger partial charge in [0.1, 0.15) is 5.82 Å². The molecule has 1 aromatic rings. The molecule has 0 unspecified atom stereocenters. The molecule has 0 spiro atoms. The minimum atomic E-state index is 0.367. The van der Waals surface area contributed by atoms with E-state index in [4.69, 9.17) is 5.73 Å². The molecule has 0 atom stereocenters. The summed E-state index contributed by atoms with van der Waals surface area (Å²) < 4.78 is 0. The molecular weight excluding hydrogens is 240 g/mol. The van der Waals surface area contributed by atoms with Crippen LogP contribution in [-0.2, 0) is 0 Å². The minimum Gasteiger partial charge on any atom is -0.368 e. The predicted octanol–water partition coefficient (Wildman–Crippen LogP) is 0.863. The van der Waals surface area contributed by atoms with Crippen molar-refractivity contribution in [1.29, 1.82) is 0 Å². The third-order valence-corrected chi connectivity index (χ3v) is 4.16. The number of hydrogen-bond donors (Lipinski definition) is 1. The lowest BCUT2D eigenvalue weighted by atomic mass is 10.1. The second-order valence-corrected chi connectivity index (χ2v) is 5.62. The van der Waals surface area contributed by atoms with Crippen molar-refractivity contribution >= 4 is 11.9 Å². The Morgan fingerprint density at radius 2 is 1.68 bits per heavy atom. The van der Waals surface area contributed by atoms with E-state index in [-0.39, 0.29) is 0 Å². The normalized spacial score (nSPS) is 22.1. The van der Waals surface area contributed by atoms with Gasteiger partial charge in [0.2, 0.25) is 11.9 Å². The van der Waals surface area contributed by atoms with Crippen LogP contribution >= 0.6 is 0 Å². The number of rotatable bonds is 2. The van der Waals surface area contributed by atoms with E-state index >= 15 is 0 Å². The fraction of sp³-hybridized carbons (Fsp3) is 0.769. The molecule has 104 valence electrons. The van der Waals surface area contributed by atoms with Gasteiger partial charge in [-0.15, -0.1) is 0 Å². The number of hydrogen-bond acceptors (Lipinski definition) is 6. The molecular formula is C13H22N6. The highest BCUT2D eigenvalue weighted by Crippen LogP contribution is 2.32. The first kappa shape index (κ1) is 12.6. The Hall–Kier alpha value is -1.43. The summed E-state index contributed by atoms with van der Waals surface area (Å²) >= 11 is 0.